The van der Waals surface area contributed by atoms with Crippen molar-refractivity contribution in [3.05, 3.63) is 42.1 Å². The van der Waals surface area contributed by atoms with E-state index >= 15 is 0 Å². The van der Waals surface area contributed by atoms with Crippen LogP contribution in [0.1, 0.15) is 5.56 Å². The molecule has 1 aromatic heterocycles. The van der Waals surface area contributed by atoms with Gasteiger partial charge in [-0.3, -0.25) is 14.6 Å². The number of hydroxylamine groups is 2. The summed E-state index contributed by atoms with van der Waals surface area (Å²) in [5.41, 5.74) is 1.86. The molecule has 0 aliphatic carbocycles. The van der Waals surface area contributed by atoms with Gasteiger partial charge in [-0.05, 0) is 17.7 Å². The molecule has 0 aliphatic heterocycles. The van der Waals surface area contributed by atoms with Crippen LogP contribution in [0.4, 0.5) is 0 Å². The number of hydrogen-bond acceptors (Lipinski definition) is 3. The van der Waals surface area contributed by atoms with E-state index in [0.717, 1.165) is 16.5 Å². The maximum atomic E-state index is 11.8. The topological polar surface area (TPSA) is 42.4 Å². The lowest BCUT2D eigenvalue weighted by molar-refractivity contribution is -0.167. The fraction of sp³-hybridized carbons (Fsp3) is 0.231. The molecule has 1 heterocycles. The van der Waals surface area contributed by atoms with Crippen LogP contribution in [0.2, 0.25) is 0 Å². The first-order valence-electron chi connectivity index (χ1n) is 5.35. The van der Waals surface area contributed by atoms with E-state index in [0.29, 0.717) is 6.42 Å². The standard InChI is InChI=1S/C13H14N2O2/c1-15(17-2)13(16)9-10-7-8-14-12-6-4-3-5-11(10)12/h3-8H,9H2,1-2H3. The number of carbonyl (C=O) groups excluding carboxylic acids is 1. The third-order valence-electron chi connectivity index (χ3n) is 2.71. The van der Waals surface area contributed by atoms with Crippen LogP contribution in [-0.4, -0.2) is 30.1 Å². The molecule has 88 valence electrons. The Morgan fingerprint density at radius 2 is 2.12 bits per heavy atom. The van der Waals surface area contributed by atoms with E-state index < -0.39 is 0 Å². The highest BCUT2D eigenvalue weighted by Gasteiger charge is 2.11. The van der Waals surface area contributed by atoms with Gasteiger partial charge in [0.2, 0.25) is 5.91 Å². The first-order chi connectivity index (χ1) is 8.22. The number of pyridine rings is 1. The van der Waals surface area contributed by atoms with Gasteiger partial charge in [-0.25, -0.2) is 5.06 Å². The van der Waals surface area contributed by atoms with Crippen molar-refractivity contribution in [2.45, 2.75) is 6.42 Å². The first-order valence-corrected chi connectivity index (χ1v) is 5.35. The molecule has 0 saturated heterocycles. The molecule has 0 unspecified atom stereocenters. The second kappa shape index (κ2) is 4.93. The lowest BCUT2D eigenvalue weighted by Crippen LogP contribution is -2.27. The Balaban J connectivity index is 2.33. The largest absolute Gasteiger partial charge is 0.275 e. The summed E-state index contributed by atoms with van der Waals surface area (Å²) in [7, 11) is 3.08. The van der Waals surface area contributed by atoms with E-state index in [1.54, 1.807) is 13.2 Å². The SMILES string of the molecule is CON(C)C(=O)Cc1ccnc2ccccc12. The van der Waals surface area contributed by atoms with Crippen molar-refractivity contribution in [2.75, 3.05) is 14.2 Å². The van der Waals surface area contributed by atoms with Crippen molar-refractivity contribution < 1.29 is 9.63 Å². The number of benzene rings is 1. The second-order valence-electron chi connectivity index (χ2n) is 3.74. The van der Waals surface area contributed by atoms with Gasteiger partial charge in [0.15, 0.2) is 0 Å². The summed E-state index contributed by atoms with van der Waals surface area (Å²) in [6, 6.07) is 9.64. The summed E-state index contributed by atoms with van der Waals surface area (Å²) in [6.45, 7) is 0. The van der Waals surface area contributed by atoms with E-state index in [9.17, 15) is 4.79 Å². The molecule has 2 rings (SSSR count). The van der Waals surface area contributed by atoms with Gasteiger partial charge in [0.25, 0.3) is 0 Å². The zero-order chi connectivity index (χ0) is 12.3. The van der Waals surface area contributed by atoms with Crippen LogP contribution in [-0.2, 0) is 16.1 Å². The number of nitrogens with zero attached hydrogens (tertiary/aromatic N) is 2. The van der Waals surface area contributed by atoms with Gasteiger partial charge in [-0.2, -0.15) is 0 Å². The molecule has 2 aromatic rings. The molecule has 0 N–H and O–H groups in total. The molecule has 0 aliphatic rings. The minimum Gasteiger partial charge on any atom is -0.275 e. The van der Waals surface area contributed by atoms with Crippen LogP contribution in [0.15, 0.2) is 36.5 Å². The number of carbonyl (C=O) groups is 1. The normalized spacial score (nSPS) is 10.5. The molecule has 0 atom stereocenters. The Morgan fingerprint density at radius 1 is 1.35 bits per heavy atom. The molecular formula is C13H14N2O2. The van der Waals surface area contributed by atoms with Gasteiger partial charge in [0.05, 0.1) is 19.0 Å². The average molecular weight is 230 g/mol. The van der Waals surface area contributed by atoms with Crippen LogP contribution >= 0.6 is 0 Å². The highest BCUT2D eigenvalue weighted by Crippen LogP contribution is 2.17. The molecule has 0 bridgehead atoms. The van der Waals surface area contributed by atoms with Crippen LogP contribution < -0.4 is 0 Å². The second-order valence-corrected chi connectivity index (χ2v) is 3.74. The summed E-state index contributed by atoms with van der Waals surface area (Å²) >= 11 is 0. The zero-order valence-corrected chi connectivity index (χ0v) is 9.88. The van der Waals surface area contributed by atoms with Gasteiger partial charge < -0.3 is 0 Å². The van der Waals surface area contributed by atoms with Crippen molar-refractivity contribution in [1.82, 2.24) is 10.0 Å². The molecular weight excluding hydrogens is 216 g/mol. The summed E-state index contributed by atoms with van der Waals surface area (Å²) in [4.78, 5) is 20.9. The summed E-state index contributed by atoms with van der Waals surface area (Å²) < 4.78 is 0. The van der Waals surface area contributed by atoms with Crippen molar-refractivity contribution in [3.63, 3.8) is 0 Å². The molecule has 0 spiro atoms. The smallest absolute Gasteiger partial charge is 0.250 e. The number of para-hydroxylation sites is 1. The Labute approximate surface area is 99.8 Å². The quantitative estimate of drug-likeness (QED) is 0.755. The number of hydrogen-bond donors (Lipinski definition) is 0. The van der Waals surface area contributed by atoms with Gasteiger partial charge in [0, 0.05) is 18.6 Å². The van der Waals surface area contributed by atoms with Crippen LogP contribution in [0, 0.1) is 0 Å². The predicted molar refractivity (Wildman–Crippen MR) is 65.2 cm³/mol. The molecule has 1 aromatic carbocycles. The van der Waals surface area contributed by atoms with Crippen molar-refractivity contribution >= 4 is 16.8 Å². The highest BCUT2D eigenvalue weighted by atomic mass is 16.7. The van der Waals surface area contributed by atoms with Crippen LogP contribution in [0.3, 0.4) is 0 Å². The van der Waals surface area contributed by atoms with Gasteiger partial charge in [-0.15, -0.1) is 0 Å². The number of rotatable bonds is 3. The zero-order valence-electron chi connectivity index (χ0n) is 9.88. The van der Waals surface area contributed by atoms with E-state index in [-0.39, 0.29) is 5.91 Å². The summed E-state index contributed by atoms with van der Waals surface area (Å²) in [6.07, 6.45) is 2.03. The highest BCUT2D eigenvalue weighted by molar-refractivity contribution is 5.87. The van der Waals surface area contributed by atoms with Crippen molar-refractivity contribution in [1.29, 1.82) is 0 Å². The lowest BCUT2D eigenvalue weighted by atomic mass is 10.1. The number of likely N-dealkylation sites (N-methyl/N-ethyl adjacent to an activating group) is 1. The average Bonchev–Trinajstić information content (AvgIpc) is 2.38. The minimum absolute atomic E-state index is 0.0798. The van der Waals surface area contributed by atoms with Gasteiger partial charge in [-0.1, -0.05) is 18.2 Å². The van der Waals surface area contributed by atoms with E-state index in [1.165, 1.54) is 12.2 Å². The maximum Gasteiger partial charge on any atom is 0.250 e. The van der Waals surface area contributed by atoms with Gasteiger partial charge in [0.1, 0.15) is 0 Å². The number of aromatic nitrogens is 1. The van der Waals surface area contributed by atoms with E-state index in [2.05, 4.69) is 4.98 Å². The first kappa shape index (κ1) is 11.5. The number of amides is 1. The number of fused-ring (bicyclic) bond motifs is 1. The Kier molecular flexibility index (Phi) is 3.35. The maximum absolute atomic E-state index is 11.8. The predicted octanol–water partition coefficient (Wildman–Crippen LogP) is 1.80. The third kappa shape index (κ3) is 2.42. The van der Waals surface area contributed by atoms with Crippen LogP contribution in [0.5, 0.6) is 0 Å². The summed E-state index contributed by atoms with van der Waals surface area (Å²) in [5, 5.41) is 2.24. The van der Waals surface area contributed by atoms with Crippen molar-refractivity contribution in [3.8, 4) is 0 Å². The Hall–Kier alpha value is -1.94. The molecule has 0 radical (unpaired) electrons. The monoisotopic (exact) mass is 230 g/mol. The van der Waals surface area contributed by atoms with Gasteiger partial charge >= 0.3 is 0 Å². The fourth-order valence-electron chi connectivity index (χ4n) is 1.69. The van der Waals surface area contributed by atoms with E-state index in [4.69, 9.17) is 4.84 Å². The Bertz CT molecular complexity index is 534. The minimum atomic E-state index is -0.0798. The molecule has 1 amide bonds. The molecule has 4 heteroatoms. The third-order valence-corrected chi connectivity index (χ3v) is 2.71. The fourth-order valence-corrected chi connectivity index (χ4v) is 1.69. The van der Waals surface area contributed by atoms with Crippen molar-refractivity contribution in [2.24, 2.45) is 0 Å². The Morgan fingerprint density at radius 3 is 2.88 bits per heavy atom. The molecule has 0 fully saturated rings. The molecule has 17 heavy (non-hydrogen) atoms. The lowest BCUT2D eigenvalue weighted by Gasteiger charge is -2.14. The molecule has 4 nitrogen and oxygen atoms in total. The summed E-state index contributed by atoms with van der Waals surface area (Å²) in [5.74, 6) is -0.0798. The molecule has 0 saturated carbocycles. The van der Waals surface area contributed by atoms with E-state index in [1.807, 2.05) is 30.3 Å². The van der Waals surface area contributed by atoms with Crippen LogP contribution in [0.25, 0.3) is 10.9 Å².